The number of anilines is 1. The number of nitrogens with one attached hydrogen (secondary N) is 1. The van der Waals surface area contributed by atoms with Gasteiger partial charge >= 0.3 is 0 Å². The van der Waals surface area contributed by atoms with E-state index in [9.17, 15) is 10.1 Å². The zero-order valence-electron chi connectivity index (χ0n) is 17.8. The second kappa shape index (κ2) is 6.94. The van der Waals surface area contributed by atoms with E-state index in [1.165, 1.54) is 0 Å². The fourth-order valence-electron chi connectivity index (χ4n) is 4.93. The minimum absolute atomic E-state index is 0.0609. The summed E-state index contributed by atoms with van der Waals surface area (Å²) in [6.45, 7) is 2.96. The number of nitrogens with two attached hydrogens (primary N) is 1. The molecule has 4 aromatic rings. The van der Waals surface area contributed by atoms with Gasteiger partial charge in [-0.1, -0.05) is 12.1 Å². The van der Waals surface area contributed by atoms with E-state index in [1.807, 2.05) is 29.7 Å². The second-order valence-electron chi connectivity index (χ2n) is 8.83. The highest BCUT2D eigenvalue weighted by molar-refractivity contribution is 6.04. The molecule has 7 nitrogen and oxygen atoms in total. The Morgan fingerprint density at radius 2 is 2.09 bits per heavy atom. The molecule has 0 spiro atoms. The molecule has 2 fully saturated rings. The minimum atomic E-state index is -0.0849. The molecule has 0 bridgehead atoms. The van der Waals surface area contributed by atoms with Crippen LogP contribution < -0.4 is 16.6 Å². The molecule has 6 rings (SSSR count). The van der Waals surface area contributed by atoms with Gasteiger partial charge in [-0.25, -0.2) is 4.98 Å². The number of oxazole rings is 1. The molecule has 2 aliphatic rings. The van der Waals surface area contributed by atoms with Gasteiger partial charge in [-0.15, -0.1) is 0 Å². The van der Waals surface area contributed by atoms with Crippen molar-refractivity contribution >= 4 is 27.7 Å². The third-order valence-electron chi connectivity index (χ3n) is 6.74. The number of pyridine rings is 1. The molecule has 1 saturated carbocycles. The van der Waals surface area contributed by atoms with Crippen LogP contribution in [0.5, 0.6) is 0 Å². The van der Waals surface area contributed by atoms with Crippen molar-refractivity contribution in [2.75, 3.05) is 12.3 Å². The van der Waals surface area contributed by atoms with Crippen molar-refractivity contribution in [3.8, 4) is 17.2 Å². The zero-order chi connectivity index (χ0) is 22.0. The summed E-state index contributed by atoms with van der Waals surface area (Å²) in [5.74, 6) is 0.600. The number of aryl methyl sites for hydroxylation is 1. The van der Waals surface area contributed by atoms with E-state index in [1.54, 1.807) is 12.1 Å². The smallest absolute Gasteiger partial charge is 0.281 e. The maximum atomic E-state index is 13.6. The average Bonchev–Trinajstić information content (AvgIpc) is 3.29. The maximum absolute atomic E-state index is 13.6. The van der Waals surface area contributed by atoms with Crippen molar-refractivity contribution in [1.82, 2.24) is 14.9 Å². The molecule has 7 heteroatoms. The second-order valence-corrected chi connectivity index (χ2v) is 8.83. The van der Waals surface area contributed by atoms with Crippen LogP contribution in [0.1, 0.15) is 54.8 Å². The first-order valence-electron chi connectivity index (χ1n) is 11.1. The van der Waals surface area contributed by atoms with E-state index >= 15 is 0 Å². The van der Waals surface area contributed by atoms with E-state index in [0.717, 1.165) is 59.8 Å². The number of nitriles is 1. The van der Waals surface area contributed by atoms with Crippen molar-refractivity contribution in [2.24, 2.45) is 0 Å². The number of fused-ring (bicyclic) bond motifs is 3. The lowest BCUT2D eigenvalue weighted by atomic mass is 9.95. The molecule has 1 aliphatic heterocycles. The summed E-state index contributed by atoms with van der Waals surface area (Å²) in [7, 11) is 0. The number of nitrogen functional groups attached to an aromatic ring is 1. The molecule has 0 radical (unpaired) electrons. The molecule has 1 atom stereocenters. The molecule has 1 saturated heterocycles. The van der Waals surface area contributed by atoms with Gasteiger partial charge < -0.3 is 20.0 Å². The Hall–Kier alpha value is -3.63. The largest absolute Gasteiger partial charge is 0.438 e. The highest BCUT2D eigenvalue weighted by atomic mass is 16.4. The van der Waals surface area contributed by atoms with Crippen LogP contribution >= 0.6 is 0 Å². The SMILES string of the molecule is Cc1c(-c2ccc(N)c(C#N)c2)ccc2c3oc([C@H]4CCCN4)nc3c(=O)n(C3CC3)c12. The lowest BCUT2D eigenvalue weighted by molar-refractivity contribution is 0.453. The Kier molecular flexibility index (Phi) is 4.14. The van der Waals surface area contributed by atoms with Crippen molar-refractivity contribution in [1.29, 1.82) is 5.26 Å². The predicted octanol–water partition coefficient (Wildman–Crippen LogP) is 4.33. The average molecular weight is 425 g/mol. The molecular formula is C25H23N5O2. The Labute approximate surface area is 184 Å². The van der Waals surface area contributed by atoms with Gasteiger partial charge in [0.1, 0.15) is 6.07 Å². The van der Waals surface area contributed by atoms with Crippen LogP contribution in [0.3, 0.4) is 0 Å². The summed E-state index contributed by atoms with van der Waals surface area (Å²) in [6, 6.07) is 11.9. The molecule has 2 aromatic carbocycles. The number of hydrogen-bond donors (Lipinski definition) is 2. The van der Waals surface area contributed by atoms with E-state index in [4.69, 9.17) is 10.2 Å². The monoisotopic (exact) mass is 425 g/mol. The van der Waals surface area contributed by atoms with E-state index < -0.39 is 0 Å². The summed E-state index contributed by atoms with van der Waals surface area (Å²) in [5, 5.41) is 13.7. The van der Waals surface area contributed by atoms with E-state index in [0.29, 0.717) is 28.2 Å². The van der Waals surface area contributed by atoms with Gasteiger partial charge in [-0.3, -0.25) is 4.79 Å². The Morgan fingerprint density at radius 3 is 2.81 bits per heavy atom. The summed E-state index contributed by atoms with van der Waals surface area (Å²) in [6.07, 6.45) is 4.01. The molecule has 1 aliphatic carbocycles. The number of nitrogens with zero attached hydrogens (tertiary/aromatic N) is 3. The first kappa shape index (κ1) is 19.1. The van der Waals surface area contributed by atoms with E-state index in [2.05, 4.69) is 16.4 Å². The van der Waals surface area contributed by atoms with E-state index in [-0.39, 0.29) is 17.6 Å². The van der Waals surface area contributed by atoms with Crippen LogP contribution in [0.25, 0.3) is 33.1 Å². The van der Waals surface area contributed by atoms with Gasteiger partial charge in [0.2, 0.25) is 5.89 Å². The number of hydrogen-bond acceptors (Lipinski definition) is 6. The summed E-state index contributed by atoms with van der Waals surface area (Å²) in [4.78, 5) is 18.2. The number of rotatable bonds is 3. The third kappa shape index (κ3) is 2.76. The van der Waals surface area contributed by atoms with Crippen molar-refractivity contribution in [3.63, 3.8) is 0 Å². The lowest BCUT2D eigenvalue weighted by Crippen LogP contribution is -2.21. The summed E-state index contributed by atoms with van der Waals surface area (Å²) >= 11 is 0. The first-order valence-corrected chi connectivity index (χ1v) is 11.1. The Morgan fingerprint density at radius 1 is 1.25 bits per heavy atom. The van der Waals surface area contributed by atoms with Crippen LogP contribution in [-0.4, -0.2) is 16.1 Å². The highest BCUT2D eigenvalue weighted by Gasteiger charge is 2.31. The molecule has 3 heterocycles. The number of aromatic nitrogens is 2. The standard InChI is InChI=1S/C25H23N5O2/c1-13-17(14-4-9-19(27)15(11-14)12-26)7-8-18-22(13)30(16-5-6-16)25(31)21-23(18)32-24(29-21)20-3-2-10-28-20/h4,7-9,11,16,20,28H,2-3,5-6,10,27H2,1H3/t20-/m1/s1. The Bertz CT molecular complexity index is 1500. The van der Waals surface area contributed by atoms with Crippen LogP contribution in [0.4, 0.5) is 5.69 Å². The van der Waals surface area contributed by atoms with Crippen LogP contribution in [0, 0.1) is 18.3 Å². The van der Waals surface area contributed by atoms with Gasteiger partial charge in [-0.2, -0.15) is 5.26 Å². The van der Waals surface area contributed by atoms with Crippen molar-refractivity contribution < 1.29 is 4.42 Å². The fraction of sp³-hybridized carbons (Fsp3) is 0.320. The van der Waals surface area contributed by atoms with Crippen LogP contribution in [0.15, 0.2) is 39.5 Å². The third-order valence-corrected chi connectivity index (χ3v) is 6.74. The molecule has 160 valence electrons. The normalized spacial score (nSPS) is 18.4. The fourth-order valence-corrected chi connectivity index (χ4v) is 4.93. The van der Waals surface area contributed by atoms with Crippen LogP contribution in [0.2, 0.25) is 0 Å². The maximum Gasteiger partial charge on any atom is 0.281 e. The van der Waals surface area contributed by atoms with Gasteiger partial charge in [0, 0.05) is 17.1 Å². The Balaban J connectivity index is 1.64. The molecule has 32 heavy (non-hydrogen) atoms. The molecular weight excluding hydrogens is 402 g/mol. The molecule has 0 amide bonds. The lowest BCUT2D eigenvalue weighted by Gasteiger charge is -2.15. The number of benzene rings is 2. The van der Waals surface area contributed by atoms with Crippen molar-refractivity contribution in [2.45, 2.75) is 44.7 Å². The van der Waals surface area contributed by atoms with Gasteiger partial charge in [0.25, 0.3) is 5.56 Å². The summed E-state index contributed by atoms with van der Waals surface area (Å²) in [5.41, 5.74) is 11.5. The molecule has 3 N–H and O–H groups in total. The highest BCUT2D eigenvalue weighted by Crippen LogP contribution is 2.41. The quantitative estimate of drug-likeness (QED) is 0.473. The zero-order valence-corrected chi connectivity index (χ0v) is 17.8. The molecule has 0 unspecified atom stereocenters. The topological polar surface area (TPSA) is 110 Å². The minimum Gasteiger partial charge on any atom is -0.438 e. The summed E-state index contributed by atoms with van der Waals surface area (Å²) < 4.78 is 8.12. The first-order chi connectivity index (χ1) is 15.6. The van der Waals surface area contributed by atoms with Gasteiger partial charge in [0.05, 0.1) is 17.1 Å². The van der Waals surface area contributed by atoms with Crippen molar-refractivity contribution in [3.05, 3.63) is 57.7 Å². The van der Waals surface area contributed by atoms with Gasteiger partial charge in [0.15, 0.2) is 11.1 Å². The predicted molar refractivity (Wildman–Crippen MR) is 123 cm³/mol. The van der Waals surface area contributed by atoms with Crippen LogP contribution in [-0.2, 0) is 0 Å². The van der Waals surface area contributed by atoms with Gasteiger partial charge in [-0.05, 0) is 74.0 Å². The molecule has 2 aromatic heterocycles.